The first kappa shape index (κ1) is 19.9. The van der Waals surface area contributed by atoms with Gasteiger partial charge in [0.15, 0.2) is 5.92 Å². The van der Waals surface area contributed by atoms with Crippen molar-refractivity contribution in [1.82, 2.24) is 10.2 Å². The van der Waals surface area contributed by atoms with Crippen molar-refractivity contribution in [3.05, 3.63) is 65.2 Å². The Bertz CT molecular complexity index is 971. The number of nitrogens with zero attached hydrogens (tertiary/aromatic N) is 2. The summed E-state index contributed by atoms with van der Waals surface area (Å²) < 4.78 is 10.4. The normalized spacial score (nSPS) is 20.7. The summed E-state index contributed by atoms with van der Waals surface area (Å²) in [5.41, 5.74) is 3.29. The van der Waals surface area contributed by atoms with Gasteiger partial charge in [-0.2, -0.15) is 0 Å². The molecule has 0 saturated heterocycles. The van der Waals surface area contributed by atoms with Crippen LogP contribution in [0.4, 0.5) is 0 Å². The molecule has 156 valence electrons. The van der Waals surface area contributed by atoms with Crippen LogP contribution in [0.25, 0.3) is 0 Å². The summed E-state index contributed by atoms with van der Waals surface area (Å²) in [4.78, 5) is 32.4. The summed E-state index contributed by atoms with van der Waals surface area (Å²) in [6.45, 7) is 3.34. The molecule has 2 unspecified atom stereocenters. The lowest BCUT2D eigenvalue weighted by atomic mass is 9.91. The number of rotatable bonds is 4. The Labute approximate surface area is 175 Å². The number of benzene rings is 2. The summed E-state index contributed by atoms with van der Waals surface area (Å²) >= 11 is 0. The third-order valence-electron chi connectivity index (χ3n) is 5.52. The molecule has 0 aliphatic carbocycles. The molecule has 2 aliphatic rings. The summed E-state index contributed by atoms with van der Waals surface area (Å²) in [6.07, 6.45) is 0.875. The van der Waals surface area contributed by atoms with Gasteiger partial charge in [-0.25, -0.2) is 4.99 Å². The van der Waals surface area contributed by atoms with Crippen molar-refractivity contribution in [2.75, 3.05) is 20.3 Å². The Hall–Kier alpha value is -3.35. The molecule has 2 aliphatic heterocycles. The van der Waals surface area contributed by atoms with Crippen molar-refractivity contribution in [3.8, 4) is 5.75 Å². The smallest absolute Gasteiger partial charge is 0.321 e. The average molecular weight is 407 g/mol. The Morgan fingerprint density at radius 3 is 2.60 bits per heavy atom. The molecular weight excluding hydrogens is 382 g/mol. The lowest BCUT2D eigenvalue weighted by Crippen LogP contribution is -2.53. The van der Waals surface area contributed by atoms with Gasteiger partial charge in [-0.15, -0.1) is 0 Å². The van der Waals surface area contributed by atoms with Crippen LogP contribution in [0.15, 0.2) is 53.5 Å². The van der Waals surface area contributed by atoms with Gasteiger partial charge in [0.1, 0.15) is 11.8 Å². The van der Waals surface area contributed by atoms with Gasteiger partial charge in [0.2, 0.25) is 11.9 Å². The van der Waals surface area contributed by atoms with Gasteiger partial charge in [-0.05, 0) is 42.2 Å². The van der Waals surface area contributed by atoms with Crippen LogP contribution < -0.4 is 10.1 Å². The third-order valence-corrected chi connectivity index (χ3v) is 5.52. The van der Waals surface area contributed by atoms with Crippen molar-refractivity contribution in [2.45, 2.75) is 25.9 Å². The fourth-order valence-electron chi connectivity index (χ4n) is 3.94. The predicted molar refractivity (Wildman–Crippen MR) is 112 cm³/mol. The molecule has 0 aromatic heterocycles. The van der Waals surface area contributed by atoms with Gasteiger partial charge in [-0.1, -0.05) is 36.4 Å². The van der Waals surface area contributed by atoms with E-state index in [0.29, 0.717) is 18.3 Å². The second kappa shape index (κ2) is 8.57. The van der Waals surface area contributed by atoms with Crippen LogP contribution >= 0.6 is 0 Å². The molecule has 2 aromatic carbocycles. The van der Waals surface area contributed by atoms with Crippen molar-refractivity contribution in [3.63, 3.8) is 0 Å². The number of fused-ring (bicyclic) bond motifs is 1. The van der Waals surface area contributed by atoms with Gasteiger partial charge in [0.05, 0.1) is 13.7 Å². The molecule has 0 fully saturated rings. The number of hydrogen-bond donors (Lipinski definition) is 1. The maximum Gasteiger partial charge on any atom is 0.321 e. The number of aliphatic imine (C=N–C) groups is 1. The first-order valence-corrected chi connectivity index (χ1v) is 10.1. The molecule has 2 heterocycles. The molecule has 0 radical (unpaired) electrons. The minimum absolute atomic E-state index is 0.206. The number of guanidine groups is 1. The minimum atomic E-state index is -1.03. The number of esters is 1. The van der Waals surface area contributed by atoms with E-state index in [4.69, 9.17) is 14.5 Å². The fourth-order valence-corrected chi connectivity index (χ4v) is 3.94. The number of carbonyl (C=O) groups excluding carboxylic acids is 2. The maximum absolute atomic E-state index is 13.0. The molecule has 0 saturated carbocycles. The van der Waals surface area contributed by atoms with Crippen molar-refractivity contribution < 1.29 is 19.1 Å². The summed E-state index contributed by atoms with van der Waals surface area (Å²) in [5, 5.41) is 2.84. The van der Waals surface area contributed by atoms with Gasteiger partial charge in [0.25, 0.3) is 0 Å². The summed E-state index contributed by atoms with van der Waals surface area (Å²) in [5.74, 6) is -0.792. The third kappa shape index (κ3) is 3.87. The van der Waals surface area contributed by atoms with Crippen LogP contribution in [0.5, 0.6) is 5.75 Å². The lowest BCUT2D eigenvalue weighted by Gasteiger charge is -2.36. The molecule has 1 N–H and O–H groups in total. The van der Waals surface area contributed by atoms with E-state index in [0.717, 1.165) is 18.5 Å². The van der Waals surface area contributed by atoms with Crippen molar-refractivity contribution in [1.29, 1.82) is 0 Å². The van der Waals surface area contributed by atoms with Crippen molar-refractivity contribution >= 4 is 17.8 Å². The molecule has 2 atom stereocenters. The minimum Gasteiger partial charge on any atom is -0.497 e. The number of hydrogen-bond acceptors (Lipinski definition) is 6. The largest absolute Gasteiger partial charge is 0.497 e. The SMILES string of the molecule is CCOC(=O)C1C(=O)NC(N2CCc3ccccc3C2)=NC1c1ccc(OC)cc1. The van der Waals surface area contributed by atoms with Gasteiger partial charge in [0, 0.05) is 13.1 Å². The average Bonchev–Trinajstić information content (AvgIpc) is 2.78. The van der Waals surface area contributed by atoms with E-state index in [1.807, 2.05) is 24.3 Å². The Kier molecular flexibility index (Phi) is 5.70. The highest BCUT2D eigenvalue weighted by molar-refractivity contribution is 6.08. The molecule has 2 aromatic rings. The van der Waals surface area contributed by atoms with Crippen LogP contribution in [0.3, 0.4) is 0 Å². The quantitative estimate of drug-likeness (QED) is 0.622. The second-order valence-electron chi connectivity index (χ2n) is 7.33. The van der Waals surface area contributed by atoms with Crippen molar-refractivity contribution in [2.24, 2.45) is 10.9 Å². The maximum atomic E-state index is 13.0. The summed E-state index contributed by atoms with van der Waals surface area (Å²) in [6, 6.07) is 14.9. The van der Waals surface area contributed by atoms with Crippen LogP contribution in [0.2, 0.25) is 0 Å². The van der Waals surface area contributed by atoms with Crippen LogP contribution in [0, 0.1) is 5.92 Å². The van der Waals surface area contributed by atoms with E-state index >= 15 is 0 Å². The zero-order valence-electron chi connectivity index (χ0n) is 17.1. The number of ether oxygens (including phenoxy) is 2. The monoisotopic (exact) mass is 407 g/mol. The Morgan fingerprint density at radius 2 is 1.90 bits per heavy atom. The van der Waals surface area contributed by atoms with E-state index in [2.05, 4.69) is 22.3 Å². The first-order valence-electron chi connectivity index (χ1n) is 10.1. The zero-order valence-corrected chi connectivity index (χ0v) is 17.1. The van der Waals surface area contributed by atoms with Crippen LogP contribution in [0.1, 0.15) is 29.7 Å². The molecule has 0 spiro atoms. The number of amides is 1. The molecular formula is C23H25N3O4. The van der Waals surface area contributed by atoms with Gasteiger partial charge >= 0.3 is 5.97 Å². The van der Waals surface area contributed by atoms with E-state index in [-0.39, 0.29) is 6.61 Å². The number of carbonyl (C=O) groups is 2. The highest BCUT2D eigenvalue weighted by Gasteiger charge is 2.42. The van der Waals surface area contributed by atoms with E-state index in [1.54, 1.807) is 26.2 Å². The molecule has 7 nitrogen and oxygen atoms in total. The van der Waals surface area contributed by atoms with Gasteiger partial charge < -0.3 is 14.4 Å². The van der Waals surface area contributed by atoms with Crippen LogP contribution in [-0.4, -0.2) is 43.0 Å². The van der Waals surface area contributed by atoms with Crippen LogP contribution in [-0.2, 0) is 27.3 Å². The molecule has 1 amide bonds. The second-order valence-corrected chi connectivity index (χ2v) is 7.33. The number of methoxy groups -OCH3 is 1. The highest BCUT2D eigenvalue weighted by Crippen LogP contribution is 2.32. The van der Waals surface area contributed by atoms with Gasteiger partial charge in [-0.3, -0.25) is 14.9 Å². The molecule has 0 bridgehead atoms. The highest BCUT2D eigenvalue weighted by atomic mass is 16.5. The lowest BCUT2D eigenvalue weighted by molar-refractivity contribution is -0.153. The zero-order chi connectivity index (χ0) is 21.1. The fraction of sp³-hybridized carbons (Fsp3) is 0.348. The molecule has 4 rings (SSSR count). The number of nitrogens with one attached hydrogen (secondary N) is 1. The topological polar surface area (TPSA) is 80.2 Å². The van der Waals surface area contributed by atoms with E-state index < -0.39 is 23.8 Å². The molecule has 7 heteroatoms. The molecule has 30 heavy (non-hydrogen) atoms. The first-order chi connectivity index (χ1) is 14.6. The Morgan fingerprint density at radius 1 is 1.17 bits per heavy atom. The standard InChI is InChI=1S/C23H25N3O4/c1-3-30-22(28)19-20(16-8-10-18(29-2)11-9-16)24-23(25-21(19)27)26-13-12-15-6-4-5-7-17(15)14-26/h4-11,19-20H,3,12-14H2,1-2H3,(H,24,25,27). The summed E-state index contributed by atoms with van der Waals surface area (Å²) in [7, 11) is 1.59. The Balaban J connectivity index is 1.68. The predicted octanol–water partition coefficient (Wildman–Crippen LogP) is 2.46. The van der Waals surface area contributed by atoms with E-state index in [1.165, 1.54) is 11.1 Å². The van der Waals surface area contributed by atoms with E-state index in [9.17, 15) is 9.59 Å².